The Hall–Kier alpha value is -2.29. The van der Waals surface area contributed by atoms with Gasteiger partial charge >= 0.3 is 0 Å². The molecule has 0 aliphatic carbocycles. The maximum atomic E-state index is 12.0. The van der Waals surface area contributed by atoms with Crippen LogP contribution >= 0.6 is 24.0 Å². The van der Waals surface area contributed by atoms with Crippen LogP contribution in [0, 0.1) is 6.92 Å². The number of hydrogen-bond acceptors (Lipinski definition) is 3. The summed E-state index contributed by atoms with van der Waals surface area (Å²) in [4.78, 5) is 16.6. The Morgan fingerprint density at radius 3 is 2.52 bits per heavy atom. The number of nitrogens with zero attached hydrogens (tertiary/aromatic N) is 1. The number of methoxy groups -OCH3 is 1. The van der Waals surface area contributed by atoms with E-state index in [0.29, 0.717) is 32.0 Å². The molecule has 0 spiro atoms. The summed E-state index contributed by atoms with van der Waals surface area (Å²) < 4.78 is 5.43. The molecule has 1 amide bonds. The lowest BCUT2D eigenvalue weighted by Gasteiger charge is -2.12. The first-order valence-electron chi connectivity index (χ1n) is 9.58. The molecule has 2 aromatic rings. The number of halogens is 1. The van der Waals surface area contributed by atoms with Gasteiger partial charge in [-0.25, -0.2) is 4.99 Å². The number of aliphatic imine (C=N–C) groups is 1. The summed E-state index contributed by atoms with van der Waals surface area (Å²) in [5.74, 6) is 1.52. The average Bonchev–Trinajstić information content (AvgIpc) is 2.71. The molecule has 0 fully saturated rings. The number of benzene rings is 2. The van der Waals surface area contributed by atoms with Gasteiger partial charge < -0.3 is 20.7 Å². The Morgan fingerprint density at radius 2 is 1.83 bits per heavy atom. The second-order valence-corrected chi connectivity index (χ2v) is 6.45. The molecule has 0 radical (unpaired) electrons. The van der Waals surface area contributed by atoms with E-state index < -0.39 is 0 Å². The zero-order chi connectivity index (χ0) is 20.2. The summed E-state index contributed by atoms with van der Waals surface area (Å²) in [6, 6.07) is 16.0. The SMILES string of the molecule is CCNC(=NCc1ccc(C)cc1OC)NCCC(=O)NCc1ccccc1.I. The Morgan fingerprint density at radius 1 is 1.07 bits per heavy atom. The summed E-state index contributed by atoms with van der Waals surface area (Å²) in [6.07, 6.45) is 0.380. The monoisotopic (exact) mass is 510 g/mol. The number of rotatable bonds is 9. The highest BCUT2D eigenvalue weighted by Gasteiger charge is 2.05. The van der Waals surface area contributed by atoms with E-state index in [-0.39, 0.29) is 29.9 Å². The van der Waals surface area contributed by atoms with Crippen LogP contribution < -0.4 is 20.7 Å². The predicted octanol–water partition coefficient (Wildman–Crippen LogP) is 3.38. The number of nitrogens with one attached hydrogen (secondary N) is 3. The summed E-state index contributed by atoms with van der Waals surface area (Å²) in [5.41, 5.74) is 3.26. The fourth-order valence-electron chi connectivity index (χ4n) is 2.67. The lowest BCUT2D eigenvalue weighted by atomic mass is 10.1. The zero-order valence-corrected chi connectivity index (χ0v) is 19.7. The molecule has 0 aromatic heterocycles. The molecule has 158 valence electrons. The molecule has 0 saturated heterocycles. The molecule has 7 heteroatoms. The van der Waals surface area contributed by atoms with Crippen molar-refractivity contribution >= 4 is 35.8 Å². The first-order valence-corrected chi connectivity index (χ1v) is 9.58. The first-order chi connectivity index (χ1) is 13.6. The van der Waals surface area contributed by atoms with Crippen LogP contribution in [0.5, 0.6) is 5.75 Å². The van der Waals surface area contributed by atoms with Gasteiger partial charge in [-0.05, 0) is 31.0 Å². The number of amides is 1. The van der Waals surface area contributed by atoms with E-state index in [9.17, 15) is 4.79 Å². The minimum atomic E-state index is 0. The van der Waals surface area contributed by atoms with E-state index in [0.717, 1.165) is 29.0 Å². The van der Waals surface area contributed by atoms with Crippen LogP contribution in [0.4, 0.5) is 0 Å². The highest BCUT2D eigenvalue weighted by molar-refractivity contribution is 14.0. The number of guanidine groups is 1. The number of ether oxygens (including phenoxy) is 1. The van der Waals surface area contributed by atoms with Gasteiger partial charge in [0.15, 0.2) is 5.96 Å². The molecule has 0 heterocycles. The van der Waals surface area contributed by atoms with E-state index in [4.69, 9.17) is 4.74 Å². The van der Waals surface area contributed by atoms with Crippen molar-refractivity contribution in [3.63, 3.8) is 0 Å². The third-order valence-corrected chi connectivity index (χ3v) is 4.17. The van der Waals surface area contributed by atoms with Crippen LogP contribution in [0.15, 0.2) is 53.5 Å². The minimum absolute atomic E-state index is 0. The molecule has 29 heavy (non-hydrogen) atoms. The highest BCUT2D eigenvalue weighted by atomic mass is 127. The largest absolute Gasteiger partial charge is 0.496 e. The Kier molecular flexibility index (Phi) is 11.8. The summed E-state index contributed by atoms with van der Waals surface area (Å²) in [5, 5.41) is 9.33. The lowest BCUT2D eigenvalue weighted by molar-refractivity contribution is -0.121. The van der Waals surface area contributed by atoms with Gasteiger partial charge in [0.1, 0.15) is 5.75 Å². The molecule has 3 N–H and O–H groups in total. The Labute approximate surface area is 190 Å². The van der Waals surface area contributed by atoms with E-state index in [1.807, 2.05) is 62.4 Å². The molecular formula is C22H31IN4O2. The number of hydrogen-bond donors (Lipinski definition) is 3. The summed E-state index contributed by atoms with van der Waals surface area (Å²) in [6.45, 7) is 6.34. The minimum Gasteiger partial charge on any atom is -0.496 e. The smallest absolute Gasteiger partial charge is 0.222 e. The number of aryl methyl sites for hydroxylation is 1. The first kappa shape index (κ1) is 24.7. The van der Waals surface area contributed by atoms with Crippen molar-refractivity contribution in [3.8, 4) is 5.75 Å². The average molecular weight is 510 g/mol. The molecule has 2 aromatic carbocycles. The predicted molar refractivity (Wildman–Crippen MR) is 129 cm³/mol. The van der Waals surface area contributed by atoms with E-state index >= 15 is 0 Å². The number of carbonyl (C=O) groups is 1. The molecule has 0 bridgehead atoms. The van der Waals surface area contributed by atoms with Gasteiger partial charge in [-0.3, -0.25) is 4.79 Å². The van der Waals surface area contributed by atoms with E-state index in [2.05, 4.69) is 20.9 Å². The second kappa shape index (κ2) is 13.8. The van der Waals surface area contributed by atoms with Gasteiger partial charge in [-0.2, -0.15) is 0 Å². The standard InChI is InChI=1S/C22H30N4O2.HI/c1-4-23-22(26-16-19-11-10-17(2)14-20(19)28-3)24-13-12-21(27)25-15-18-8-6-5-7-9-18;/h5-11,14H,4,12-13,15-16H2,1-3H3,(H,25,27)(H2,23,24,26);1H. The van der Waals surface area contributed by atoms with Crippen LogP contribution in [-0.2, 0) is 17.9 Å². The molecule has 0 unspecified atom stereocenters. The Balaban J connectivity index is 0.00000420. The molecule has 0 aliphatic rings. The normalized spacial score (nSPS) is 10.7. The van der Waals surface area contributed by atoms with E-state index in [1.54, 1.807) is 7.11 Å². The fourth-order valence-corrected chi connectivity index (χ4v) is 2.67. The van der Waals surface area contributed by atoms with Crippen molar-refractivity contribution in [2.75, 3.05) is 20.2 Å². The van der Waals surface area contributed by atoms with Crippen LogP contribution in [0.1, 0.15) is 30.0 Å². The maximum Gasteiger partial charge on any atom is 0.222 e. The van der Waals surface area contributed by atoms with Crippen molar-refractivity contribution < 1.29 is 9.53 Å². The van der Waals surface area contributed by atoms with E-state index in [1.165, 1.54) is 0 Å². The van der Waals surface area contributed by atoms with Gasteiger partial charge in [-0.1, -0.05) is 42.5 Å². The van der Waals surface area contributed by atoms with Gasteiger partial charge in [0.25, 0.3) is 0 Å². The van der Waals surface area contributed by atoms with Crippen molar-refractivity contribution in [1.82, 2.24) is 16.0 Å². The maximum absolute atomic E-state index is 12.0. The lowest BCUT2D eigenvalue weighted by Crippen LogP contribution is -2.39. The van der Waals surface area contributed by atoms with Crippen LogP contribution in [-0.4, -0.2) is 32.1 Å². The summed E-state index contributed by atoms with van der Waals surface area (Å²) in [7, 11) is 1.67. The third-order valence-electron chi connectivity index (χ3n) is 4.17. The fraction of sp³-hybridized carbons (Fsp3) is 0.364. The molecular weight excluding hydrogens is 479 g/mol. The topological polar surface area (TPSA) is 74.8 Å². The third kappa shape index (κ3) is 9.17. The zero-order valence-electron chi connectivity index (χ0n) is 17.3. The quantitative estimate of drug-likeness (QED) is 0.275. The van der Waals surface area contributed by atoms with Crippen molar-refractivity contribution in [3.05, 3.63) is 65.2 Å². The molecule has 6 nitrogen and oxygen atoms in total. The Bertz CT molecular complexity index is 782. The molecule has 0 aliphatic heterocycles. The highest BCUT2D eigenvalue weighted by Crippen LogP contribution is 2.20. The van der Waals surface area contributed by atoms with Gasteiger partial charge in [0, 0.05) is 31.6 Å². The van der Waals surface area contributed by atoms with Gasteiger partial charge in [0.2, 0.25) is 5.91 Å². The van der Waals surface area contributed by atoms with Crippen LogP contribution in [0.25, 0.3) is 0 Å². The number of carbonyl (C=O) groups excluding carboxylic acids is 1. The van der Waals surface area contributed by atoms with Crippen molar-refractivity contribution in [2.45, 2.75) is 33.4 Å². The van der Waals surface area contributed by atoms with Gasteiger partial charge in [0.05, 0.1) is 13.7 Å². The van der Waals surface area contributed by atoms with Crippen molar-refractivity contribution in [1.29, 1.82) is 0 Å². The summed E-state index contributed by atoms with van der Waals surface area (Å²) >= 11 is 0. The van der Waals surface area contributed by atoms with Crippen molar-refractivity contribution in [2.24, 2.45) is 4.99 Å². The van der Waals surface area contributed by atoms with Crippen LogP contribution in [0.3, 0.4) is 0 Å². The molecule has 0 saturated carbocycles. The molecule has 2 rings (SSSR count). The second-order valence-electron chi connectivity index (χ2n) is 6.45. The molecule has 0 atom stereocenters. The van der Waals surface area contributed by atoms with Crippen LogP contribution in [0.2, 0.25) is 0 Å². The van der Waals surface area contributed by atoms with Gasteiger partial charge in [-0.15, -0.1) is 24.0 Å².